The smallest absolute Gasteiger partial charge is 0.139 e. The van der Waals surface area contributed by atoms with E-state index in [0.29, 0.717) is 5.92 Å². The third kappa shape index (κ3) is 2.73. The maximum Gasteiger partial charge on any atom is 0.139 e. The van der Waals surface area contributed by atoms with Gasteiger partial charge >= 0.3 is 0 Å². The molecule has 3 heterocycles. The molecule has 0 radical (unpaired) electrons. The predicted octanol–water partition coefficient (Wildman–Crippen LogP) is 3.47. The topological polar surface area (TPSA) is 47.7 Å². The van der Waals surface area contributed by atoms with Gasteiger partial charge in [0.05, 0.1) is 22.4 Å². The van der Waals surface area contributed by atoms with E-state index in [1.54, 1.807) is 0 Å². The van der Waals surface area contributed by atoms with Gasteiger partial charge in [-0.3, -0.25) is 4.68 Å². The average Bonchev–Trinajstić information content (AvgIpc) is 3.04. The summed E-state index contributed by atoms with van der Waals surface area (Å²) in [5, 5.41) is 12.7. The molecule has 1 aliphatic heterocycles. The molecule has 2 aromatic heterocycles. The van der Waals surface area contributed by atoms with Crippen LogP contribution in [0.5, 0.6) is 0 Å². The second-order valence-electron chi connectivity index (χ2n) is 6.01. The molecule has 0 bridgehead atoms. The summed E-state index contributed by atoms with van der Waals surface area (Å²) in [5.41, 5.74) is 2.38. The minimum Gasteiger partial charge on any atom is -0.369 e. The van der Waals surface area contributed by atoms with Crippen molar-refractivity contribution in [1.29, 1.82) is 0 Å². The van der Waals surface area contributed by atoms with Gasteiger partial charge in [0.2, 0.25) is 0 Å². The summed E-state index contributed by atoms with van der Waals surface area (Å²) in [7, 11) is 0. The van der Waals surface area contributed by atoms with Gasteiger partial charge in [-0.1, -0.05) is 13.8 Å². The number of hydrogen-bond acceptors (Lipinski definition) is 3. The summed E-state index contributed by atoms with van der Waals surface area (Å²) < 4.78 is 5.22. The molecule has 0 aliphatic carbocycles. The van der Waals surface area contributed by atoms with Crippen LogP contribution < -0.4 is 5.32 Å². The normalized spacial score (nSPS) is 17.9. The van der Waals surface area contributed by atoms with Crippen LogP contribution in [0, 0.1) is 5.92 Å². The number of nitrogens with zero attached hydrogens (tertiary/aromatic N) is 4. The molecule has 0 aromatic carbocycles. The number of aryl methyl sites for hydroxylation is 1. The fourth-order valence-corrected chi connectivity index (χ4v) is 3.41. The second kappa shape index (κ2) is 5.83. The highest BCUT2D eigenvalue weighted by molar-refractivity contribution is 9.10. The van der Waals surface area contributed by atoms with E-state index >= 15 is 0 Å². The third-order valence-corrected chi connectivity index (χ3v) is 4.72. The highest BCUT2D eigenvalue weighted by Gasteiger charge is 2.27. The van der Waals surface area contributed by atoms with E-state index in [9.17, 15) is 0 Å². The number of nitrogens with one attached hydrogen (secondary N) is 1. The Kier molecular flexibility index (Phi) is 4.06. The number of aromatic nitrogens is 4. The lowest BCUT2D eigenvalue weighted by Gasteiger charge is -2.25. The van der Waals surface area contributed by atoms with Gasteiger partial charge < -0.3 is 5.32 Å². The van der Waals surface area contributed by atoms with E-state index in [1.807, 2.05) is 10.9 Å². The number of fused-ring (bicyclic) bond motifs is 1. The van der Waals surface area contributed by atoms with Crippen molar-refractivity contribution in [2.45, 2.75) is 46.2 Å². The Bertz CT molecular complexity index is 628. The molecule has 21 heavy (non-hydrogen) atoms. The van der Waals surface area contributed by atoms with E-state index in [2.05, 4.69) is 58.0 Å². The van der Waals surface area contributed by atoms with Crippen molar-refractivity contribution >= 4 is 21.7 Å². The lowest BCUT2D eigenvalue weighted by atomic mass is 10.1. The van der Waals surface area contributed by atoms with Crippen LogP contribution in [0.4, 0.5) is 5.82 Å². The van der Waals surface area contributed by atoms with Crippen molar-refractivity contribution < 1.29 is 0 Å². The van der Waals surface area contributed by atoms with Crippen LogP contribution in [0.25, 0.3) is 0 Å². The quantitative estimate of drug-likeness (QED) is 0.917. The molecule has 1 atom stereocenters. The van der Waals surface area contributed by atoms with Crippen LogP contribution in [0.3, 0.4) is 0 Å². The molecule has 1 N–H and O–H groups in total. The van der Waals surface area contributed by atoms with Crippen molar-refractivity contribution in [3.05, 3.63) is 28.1 Å². The zero-order chi connectivity index (χ0) is 15.0. The minimum atomic E-state index is 0.277. The maximum atomic E-state index is 4.85. The van der Waals surface area contributed by atoms with Gasteiger partial charge in [-0.25, -0.2) is 4.68 Å². The van der Waals surface area contributed by atoms with E-state index in [0.717, 1.165) is 41.9 Å². The molecule has 5 nitrogen and oxygen atoms in total. The first kappa shape index (κ1) is 14.6. The van der Waals surface area contributed by atoms with E-state index in [-0.39, 0.29) is 6.04 Å². The molecule has 3 rings (SSSR count). The number of halogens is 1. The Morgan fingerprint density at radius 2 is 2.29 bits per heavy atom. The Balaban J connectivity index is 1.97. The molecule has 114 valence electrons. The molecule has 0 saturated heterocycles. The first-order valence-electron chi connectivity index (χ1n) is 7.63. The lowest BCUT2D eigenvalue weighted by molar-refractivity contribution is 0.474. The summed E-state index contributed by atoms with van der Waals surface area (Å²) in [4.78, 5) is 0. The van der Waals surface area contributed by atoms with Gasteiger partial charge in [-0.2, -0.15) is 10.2 Å². The lowest BCUT2D eigenvalue weighted by Crippen LogP contribution is -2.24. The Morgan fingerprint density at radius 3 is 2.95 bits per heavy atom. The summed E-state index contributed by atoms with van der Waals surface area (Å²) in [6.07, 6.45) is 6.14. The minimum absolute atomic E-state index is 0.277. The predicted molar refractivity (Wildman–Crippen MR) is 87.6 cm³/mol. The molecular weight excluding hydrogens is 330 g/mol. The molecule has 1 unspecified atom stereocenters. The molecular formula is C15H22BrN5. The molecule has 0 saturated carbocycles. The molecule has 1 aliphatic rings. The summed E-state index contributed by atoms with van der Waals surface area (Å²) in [5.74, 6) is 1.70. The largest absolute Gasteiger partial charge is 0.369 e. The Hall–Kier alpha value is -1.30. The maximum absolute atomic E-state index is 4.85. The van der Waals surface area contributed by atoms with E-state index < -0.39 is 0 Å². The SMILES string of the molecule is CCn1cc(C2CCNc3c(Br)c(CC(C)C)nn32)cn1. The van der Waals surface area contributed by atoms with Gasteiger partial charge in [-0.05, 0) is 41.6 Å². The molecule has 0 amide bonds. The summed E-state index contributed by atoms with van der Waals surface area (Å²) in [6, 6.07) is 0.277. The van der Waals surface area contributed by atoms with Gasteiger partial charge in [0.25, 0.3) is 0 Å². The zero-order valence-corrected chi connectivity index (χ0v) is 14.4. The van der Waals surface area contributed by atoms with Crippen molar-refractivity contribution in [3.8, 4) is 0 Å². The molecule has 2 aromatic rings. The van der Waals surface area contributed by atoms with Gasteiger partial charge in [-0.15, -0.1) is 0 Å². The monoisotopic (exact) mass is 351 g/mol. The van der Waals surface area contributed by atoms with Gasteiger partial charge in [0, 0.05) is 24.8 Å². The standard InChI is InChI=1S/C15H22BrN5/c1-4-20-9-11(8-18-20)13-5-6-17-15-14(16)12(7-10(2)3)19-21(13)15/h8-10,13,17H,4-7H2,1-3H3. The number of anilines is 1. The highest BCUT2D eigenvalue weighted by atomic mass is 79.9. The Labute approximate surface area is 133 Å². The van der Waals surface area contributed by atoms with E-state index in [1.165, 1.54) is 5.56 Å². The zero-order valence-electron chi connectivity index (χ0n) is 12.8. The third-order valence-electron chi connectivity index (χ3n) is 3.89. The first-order valence-corrected chi connectivity index (χ1v) is 8.42. The van der Waals surface area contributed by atoms with Crippen LogP contribution >= 0.6 is 15.9 Å². The molecule has 0 spiro atoms. The van der Waals surface area contributed by atoms with Crippen molar-refractivity contribution in [3.63, 3.8) is 0 Å². The van der Waals surface area contributed by atoms with Crippen LogP contribution in [0.15, 0.2) is 16.9 Å². The molecule has 6 heteroatoms. The molecule has 0 fully saturated rings. The van der Waals surface area contributed by atoms with Crippen LogP contribution in [0.2, 0.25) is 0 Å². The fourth-order valence-electron chi connectivity index (χ4n) is 2.84. The van der Waals surface area contributed by atoms with Crippen LogP contribution in [-0.4, -0.2) is 26.1 Å². The van der Waals surface area contributed by atoms with Gasteiger partial charge in [0.15, 0.2) is 0 Å². The second-order valence-corrected chi connectivity index (χ2v) is 6.81. The summed E-state index contributed by atoms with van der Waals surface area (Å²) >= 11 is 3.72. The fraction of sp³-hybridized carbons (Fsp3) is 0.600. The van der Waals surface area contributed by atoms with Crippen molar-refractivity contribution in [2.24, 2.45) is 5.92 Å². The average molecular weight is 352 g/mol. The highest BCUT2D eigenvalue weighted by Crippen LogP contribution is 2.36. The summed E-state index contributed by atoms with van der Waals surface area (Å²) in [6.45, 7) is 8.42. The van der Waals surface area contributed by atoms with Gasteiger partial charge in [0.1, 0.15) is 5.82 Å². The van der Waals surface area contributed by atoms with Crippen molar-refractivity contribution in [2.75, 3.05) is 11.9 Å². The number of hydrogen-bond donors (Lipinski definition) is 1. The van der Waals surface area contributed by atoms with Crippen LogP contribution in [0.1, 0.15) is 44.5 Å². The van der Waals surface area contributed by atoms with Crippen molar-refractivity contribution in [1.82, 2.24) is 19.6 Å². The first-order chi connectivity index (χ1) is 10.1. The number of rotatable bonds is 4. The Morgan fingerprint density at radius 1 is 1.48 bits per heavy atom. The van der Waals surface area contributed by atoms with E-state index in [4.69, 9.17) is 5.10 Å². The van der Waals surface area contributed by atoms with Crippen LogP contribution in [-0.2, 0) is 13.0 Å².